The molecular formula is C18H27N5OS. The molecule has 25 heavy (non-hydrogen) atoms. The summed E-state index contributed by atoms with van der Waals surface area (Å²) < 4.78 is 5.38. The molecule has 136 valence electrons. The van der Waals surface area contributed by atoms with Gasteiger partial charge in [0.1, 0.15) is 5.01 Å². The summed E-state index contributed by atoms with van der Waals surface area (Å²) in [6, 6.07) is 2.00. The van der Waals surface area contributed by atoms with Crippen LogP contribution < -0.4 is 5.32 Å². The molecule has 1 aliphatic carbocycles. The van der Waals surface area contributed by atoms with Gasteiger partial charge in [0.25, 0.3) is 0 Å². The monoisotopic (exact) mass is 361 g/mol. The van der Waals surface area contributed by atoms with Gasteiger partial charge in [0.15, 0.2) is 11.7 Å². The second-order valence-corrected chi connectivity index (χ2v) is 7.98. The number of aromatic nitrogens is 2. The van der Waals surface area contributed by atoms with E-state index in [1.54, 1.807) is 7.05 Å². The molecule has 0 aromatic carbocycles. The number of aliphatic imine (C=N–C) groups is 1. The molecule has 0 aliphatic heterocycles. The molecule has 0 radical (unpaired) electrons. The quantitative estimate of drug-likeness (QED) is 0.653. The maximum atomic E-state index is 5.38. The SMILES string of the molecule is CN=C(NCc1cc(C(C)C)no1)N(C)Cc1nc2c(s1)CCCC2. The third-order valence-corrected chi connectivity index (χ3v) is 5.57. The molecule has 0 fully saturated rings. The molecule has 1 aliphatic rings. The minimum absolute atomic E-state index is 0.371. The van der Waals surface area contributed by atoms with Crippen molar-refractivity contribution in [2.45, 2.75) is 58.5 Å². The molecule has 0 unspecified atom stereocenters. The average Bonchev–Trinajstić information content (AvgIpc) is 3.21. The highest BCUT2D eigenvalue weighted by atomic mass is 32.1. The third kappa shape index (κ3) is 4.39. The van der Waals surface area contributed by atoms with E-state index in [9.17, 15) is 0 Å². The second-order valence-electron chi connectivity index (χ2n) is 6.81. The summed E-state index contributed by atoms with van der Waals surface area (Å²) in [6.07, 6.45) is 4.88. The van der Waals surface area contributed by atoms with Crippen LogP contribution in [0.4, 0.5) is 0 Å². The summed E-state index contributed by atoms with van der Waals surface area (Å²) in [5.74, 6) is 2.02. The zero-order chi connectivity index (χ0) is 17.8. The highest BCUT2D eigenvalue weighted by molar-refractivity contribution is 7.11. The summed E-state index contributed by atoms with van der Waals surface area (Å²) in [5, 5.41) is 8.60. The topological polar surface area (TPSA) is 66.6 Å². The first-order chi connectivity index (χ1) is 12.1. The lowest BCUT2D eigenvalue weighted by Crippen LogP contribution is -2.37. The van der Waals surface area contributed by atoms with Gasteiger partial charge in [-0.05, 0) is 31.6 Å². The van der Waals surface area contributed by atoms with Gasteiger partial charge in [-0.2, -0.15) is 0 Å². The highest BCUT2D eigenvalue weighted by Gasteiger charge is 2.17. The van der Waals surface area contributed by atoms with E-state index in [0.717, 1.165) is 30.4 Å². The van der Waals surface area contributed by atoms with Crippen LogP contribution in [0.3, 0.4) is 0 Å². The maximum Gasteiger partial charge on any atom is 0.194 e. The molecule has 0 bridgehead atoms. The molecule has 2 aromatic heterocycles. The van der Waals surface area contributed by atoms with Crippen molar-refractivity contribution < 1.29 is 4.52 Å². The van der Waals surface area contributed by atoms with E-state index < -0.39 is 0 Å². The fourth-order valence-corrected chi connectivity index (χ4v) is 4.20. The van der Waals surface area contributed by atoms with Crippen LogP contribution in [0.1, 0.15) is 59.6 Å². The van der Waals surface area contributed by atoms with Crippen molar-refractivity contribution in [3.8, 4) is 0 Å². The smallest absolute Gasteiger partial charge is 0.194 e. The molecule has 0 atom stereocenters. The number of rotatable bonds is 5. The van der Waals surface area contributed by atoms with Gasteiger partial charge in [-0.1, -0.05) is 19.0 Å². The van der Waals surface area contributed by atoms with Crippen LogP contribution >= 0.6 is 11.3 Å². The van der Waals surface area contributed by atoms with Crippen LogP contribution in [-0.4, -0.2) is 35.1 Å². The van der Waals surface area contributed by atoms with Gasteiger partial charge < -0.3 is 14.7 Å². The molecule has 2 heterocycles. The van der Waals surface area contributed by atoms with Crippen molar-refractivity contribution >= 4 is 17.3 Å². The number of hydrogen-bond acceptors (Lipinski definition) is 5. The Bertz CT molecular complexity index is 710. The number of nitrogens with one attached hydrogen (secondary N) is 1. The van der Waals surface area contributed by atoms with Crippen LogP contribution in [0.15, 0.2) is 15.6 Å². The molecule has 0 saturated heterocycles. The largest absolute Gasteiger partial charge is 0.359 e. The van der Waals surface area contributed by atoms with E-state index in [1.165, 1.54) is 34.8 Å². The number of fused-ring (bicyclic) bond motifs is 1. The maximum absolute atomic E-state index is 5.38. The Morgan fingerprint density at radius 1 is 1.40 bits per heavy atom. The molecule has 1 N–H and O–H groups in total. The van der Waals surface area contributed by atoms with Gasteiger partial charge in [0.2, 0.25) is 0 Å². The molecule has 7 heteroatoms. The Morgan fingerprint density at radius 3 is 2.88 bits per heavy atom. The Labute approximate surface area is 153 Å². The van der Waals surface area contributed by atoms with Crippen molar-refractivity contribution in [2.75, 3.05) is 14.1 Å². The zero-order valence-corrected chi connectivity index (χ0v) is 16.3. The first-order valence-electron chi connectivity index (χ1n) is 8.91. The van der Waals surface area contributed by atoms with Gasteiger partial charge >= 0.3 is 0 Å². The first kappa shape index (κ1) is 17.9. The molecule has 3 rings (SSSR count). The lowest BCUT2D eigenvalue weighted by atomic mass is 10.0. The lowest BCUT2D eigenvalue weighted by molar-refractivity contribution is 0.368. The number of guanidine groups is 1. The van der Waals surface area contributed by atoms with E-state index >= 15 is 0 Å². The van der Waals surface area contributed by atoms with Crippen LogP contribution in [0.25, 0.3) is 0 Å². The molecule has 0 amide bonds. The summed E-state index contributed by atoms with van der Waals surface area (Å²) in [7, 11) is 3.83. The van der Waals surface area contributed by atoms with E-state index in [1.807, 2.05) is 24.5 Å². The van der Waals surface area contributed by atoms with E-state index in [2.05, 4.69) is 34.2 Å². The van der Waals surface area contributed by atoms with E-state index in [4.69, 9.17) is 9.51 Å². The Balaban J connectivity index is 1.57. The minimum Gasteiger partial charge on any atom is -0.359 e. The Morgan fingerprint density at radius 2 is 2.20 bits per heavy atom. The van der Waals surface area contributed by atoms with Crippen LogP contribution in [0, 0.1) is 0 Å². The summed E-state index contributed by atoms with van der Waals surface area (Å²) in [4.78, 5) is 12.8. The highest BCUT2D eigenvalue weighted by Crippen LogP contribution is 2.27. The zero-order valence-electron chi connectivity index (χ0n) is 15.5. The molecule has 0 saturated carbocycles. The van der Waals surface area contributed by atoms with E-state index in [0.29, 0.717) is 12.5 Å². The number of thiazole rings is 1. The molecule has 0 spiro atoms. The predicted molar refractivity (Wildman–Crippen MR) is 101 cm³/mol. The standard InChI is InChI=1S/C18H27N5OS/c1-12(2)15-9-13(24-22-15)10-20-18(19-3)23(4)11-17-21-14-7-5-6-8-16(14)25-17/h9,12H,5-8,10-11H2,1-4H3,(H,19,20). The van der Waals surface area contributed by atoms with Crippen LogP contribution in [0.5, 0.6) is 0 Å². The van der Waals surface area contributed by atoms with Crippen molar-refractivity contribution in [1.82, 2.24) is 20.4 Å². The third-order valence-electron chi connectivity index (χ3n) is 4.43. The predicted octanol–water partition coefficient (Wildman–Crippen LogP) is 3.34. The fourth-order valence-electron chi connectivity index (χ4n) is 2.99. The van der Waals surface area contributed by atoms with Crippen LogP contribution in [0.2, 0.25) is 0 Å². The van der Waals surface area contributed by atoms with Crippen molar-refractivity contribution in [3.63, 3.8) is 0 Å². The second kappa shape index (κ2) is 7.99. The molecular weight excluding hydrogens is 334 g/mol. The molecule has 6 nitrogen and oxygen atoms in total. The summed E-state index contributed by atoms with van der Waals surface area (Å²) in [5.41, 5.74) is 2.29. The lowest BCUT2D eigenvalue weighted by Gasteiger charge is -2.20. The minimum atomic E-state index is 0.371. The van der Waals surface area contributed by atoms with Crippen LogP contribution in [-0.2, 0) is 25.9 Å². The summed E-state index contributed by atoms with van der Waals surface area (Å²) >= 11 is 1.85. The van der Waals surface area contributed by atoms with E-state index in [-0.39, 0.29) is 0 Å². The van der Waals surface area contributed by atoms with Crippen molar-refractivity contribution in [2.24, 2.45) is 4.99 Å². The van der Waals surface area contributed by atoms with Gasteiger partial charge in [-0.25, -0.2) is 4.98 Å². The average molecular weight is 362 g/mol. The van der Waals surface area contributed by atoms with Gasteiger partial charge in [0.05, 0.1) is 24.5 Å². The van der Waals surface area contributed by atoms with Gasteiger partial charge in [0, 0.05) is 25.0 Å². The Hall–Kier alpha value is -1.89. The normalized spacial score (nSPS) is 14.7. The first-order valence-corrected chi connectivity index (χ1v) is 9.73. The van der Waals surface area contributed by atoms with Crippen molar-refractivity contribution in [3.05, 3.63) is 33.1 Å². The molecule has 2 aromatic rings. The Kier molecular flexibility index (Phi) is 5.73. The fraction of sp³-hybridized carbons (Fsp3) is 0.611. The number of aryl methyl sites for hydroxylation is 2. The summed E-state index contributed by atoms with van der Waals surface area (Å²) in [6.45, 7) is 5.56. The number of hydrogen-bond donors (Lipinski definition) is 1. The van der Waals surface area contributed by atoms with Crippen molar-refractivity contribution in [1.29, 1.82) is 0 Å². The van der Waals surface area contributed by atoms with Gasteiger partial charge in [-0.15, -0.1) is 11.3 Å². The van der Waals surface area contributed by atoms with Gasteiger partial charge in [-0.3, -0.25) is 4.99 Å². The number of nitrogens with zero attached hydrogens (tertiary/aromatic N) is 4.